The van der Waals surface area contributed by atoms with E-state index >= 15 is 0 Å². The molecule has 0 unspecified atom stereocenters. The fourth-order valence-electron chi connectivity index (χ4n) is 4.73. The Morgan fingerprint density at radius 2 is 2.03 bits per heavy atom. The lowest BCUT2D eigenvalue weighted by molar-refractivity contribution is -0.130. The van der Waals surface area contributed by atoms with Crippen LogP contribution in [0.4, 0.5) is 29.3 Å². The summed E-state index contributed by atoms with van der Waals surface area (Å²) in [7, 11) is 0. The molecule has 2 aliphatic heterocycles. The third-order valence-corrected chi connectivity index (χ3v) is 6.57. The van der Waals surface area contributed by atoms with Gasteiger partial charge in [0, 0.05) is 30.3 Å². The Morgan fingerprint density at radius 3 is 2.65 bits per heavy atom. The van der Waals surface area contributed by atoms with E-state index in [0.29, 0.717) is 26.3 Å². The fourth-order valence-corrected chi connectivity index (χ4v) is 4.73. The summed E-state index contributed by atoms with van der Waals surface area (Å²) in [5.74, 6) is -2.06. The number of anilines is 2. The molecule has 1 amide bonds. The Bertz CT molecular complexity index is 1060. The second kappa shape index (κ2) is 8.75. The van der Waals surface area contributed by atoms with Crippen LogP contribution < -0.4 is 15.0 Å². The average Bonchev–Trinajstić information content (AvgIpc) is 3.47. The molecule has 2 saturated heterocycles. The highest BCUT2D eigenvalue weighted by atomic mass is 19.4. The van der Waals surface area contributed by atoms with Gasteiger partial charge in [-0.05, 0) is 44.2 Å². The first kappa shape index (κ1) is 22.9. The standard InChI is InChI=1S/C23H25F4N3O4/c24-16-9-14(5-6-17(16)33-15-3-1-2-4-15)28-20(31)19-18(10-23(25,26)27)34-21(29-19)30-8-7-22(11-30)12-32-13-22/h5-6,9,15H,1-4,7-8,10-13H2,(H,28,31). The summed E-state index contributed by atoms with van der Waals surface area (Å²) in [6.07, 6.45) is -1.47. The molecule has 184 valence electrons. The number of benzene rings is 1. The van der Waals surface area contributed by atoms with Gasteiger partial charge in [-0.25, -0.2) is 4.39 Å². The lowest BCUT2D eigenvalue weighted by atomic mass is 9.85. The molecule has 3 fully saturated rings. The summed E-state index contributed by atoms with van der Waals surface area (Å²) < 4.78 is 70.3. The number of carbonyl (C=O) groups excluding carboxylic acids is 1. The first-order chi connectivity index (χ1) is 16.2. The summed E-state index contributed by atoms with van der Waals surface area (Å²) in [5, 5.41) is 2.43. The molecule has 0 atom stereocenters. The van der Waals surface area contributed by atoms with Crippen LogP contribution in [0.15, 0.2) is 22.6 Å². The van der Waals surface area contributed by atoms with Gasteiger partial charge in [0.15, 0.2) is 17.3 Å². The lowest BCUT2D eigenvalue weighted by Crippen LogP contribution is -2.44. The van der Waals surface area contributed by atoms with Crippen molar-refractivity contribution in [3.05, 3.63) is 35.5 Å². The van der Waals surface area contributed by atoms with Gasteiger partial charge < -0.3 is 24.1 Å². The number of carbonyl (C=O) groups is 1. The van der Waals surface area contributed by atoms with Crippen molar-refractivity contribution in [1.82, 2.24) is 4.98 Å². The van der Waals surface area contributed by atoms with Crippen LogP contribution in [0, 0.1) is 11.2 Å². The summed E-state index contributed by atoms with van der Waals surface area (Å²) >= 11 is 0. The highest BCUT2D eigenvalue weighted by Gasteiger charge is 2.46. The van der Waals surface area contributed by atoms with Crippen molar-refractivity contribution in [1.29, 1.82) is 0 Å². The number of oxazole rings is 1. The minimum atomic E-state index is -4.59. The normalized spacial score (nSPS) is 20.1. The molecule has 3 aliphatic rings. The van der Waals surface area contributed by atoms with Gasteiger partial charge in [0.25, 0.3) is 11.9 Å². The van der Waals surface area contributed by atoms with Gasteiger partial charge in [0.05, 0.1) is 19.3 Å². The Labute approximate surface area is 193 Å². The second-order valence-electron chi connectivity index (χ2n) is 9.35. The molecule has 1 saturated carbocycles. The monoisotopic (exact) mass is 483 g/mol. The van der Waals surface area contributed by atoms with Crippen LogP contribution in [0.2, 0.25) is 0 Å². The number of alkyl halides is 3. The van der Waals surface area contributed by atoms with Crippen LogP contribution in [0.5, 0.6) is 5.75 Å². The zero-order valence-electron chi connectivity index (χ0n) is 18.4. The van der Waals surface area contributed by atoms with Gasteiger partial charge in [-0.3, -0.25) is 4.79 Å². The average molecular weight is 483 g/mol. The van der Waals surface area contributed by atoms with E-state index in [-0.39, 0.29) is 29.0 Å². The first-order valence-electron chi connectivity index (χ1n) is 11.4. The van der Waals surface area contributed by atoms with Crippen LogP contribution in [-0.4, -0.2) is 49.5 Å². The Kier molecular flexibility index (Phi) is 5.91. The number of hydrogen-bond acceptors (Lipinski definition) is 6. The Balaban J connectivity index is 1.32. The summed E-state index contributed by atoms with van der Waals surface area (Å²) in [6.45, 7) is 2.25. The number of nitrogens with one attached hydrogen (secondary N) is 1. The van der Waals surface area contributed by atoms with E-state index in [1.807, 2.05) is 0 Å². The highest BCUT2D eigenvalue weighted by molar-refractivity contribution is 6.03. The summed E-state index contributed by atoms with van der Waals surface area (Å²) in [4.78, 5) is 18.6. The molecule has 1 aromatic heterocycles. The molecule has 0 radical (unpaired) electrons. The molecule has 1 aliphatic carbocycles. The van der Waals surface area contributed by atoms with Crippen molar-refractivity contribution < 1.29 is 36.2 Å². The molecule has 5 rings (SSSR count). The topological polar surface area (TPSA) is 76.8 Å². The number of amides is 1. The van der Waals surface area contributed by atoms with Crippen molar-refractivity contribution >= 4 is 17.6 Å². The zero-order valence-corrected chi connectivity index (χ0v) is 18.4. The largest absolute Gasteiger partial charge is 0.487 e. The smallest absolute Gasteiger partial charge is 0.396 e. The Hall–Kier alpha value is -2.82. The van der Waals surface area contributed by atoms with Crippen molar-refractivity contribution in [3.8, 4) is 5.75 Å². The predicted molar refractivity (Wildman–Crippen MR) is 114 cm³/mol. The minimum absolute atomic E-state index is 0.0281. The fraction of sp³-hybridized carbons (Fsp3) is 0.565. The number of rotatable bonds is 6. The molecule has 2 aromatic rings. The summed E-state index contributed by atoms with van der Waals surface area (Å²) in [6, 6.07) is 3.89. The van der Waals surface area contributed by atoms with Gasteiger partial charge in [-0.1, -0.05) is 0 Å². The third-order valence-electron chi connectivity index (χ3n) is 6.57. The van der Waals surface area contributed by atoms with Crippen LogP contribution in [0.25, 0.3) is 0 Å². The molecule has 1 N–H and O–H groups in total. The van der Waals surface area contributed by atoms with Gasteiger partial charge in [0.1, 0.15) is 12.2 Å². The summed E-state index contributed by atoms with van der Waals surface area (Å²) in [5.41, 5.74) is -0.429. The number of ether oxygens (including phenoxy) is 2. The van der Waals surface area contributed by atoms with E-state index in [1.54, 1.807) is 4.90 Å². The van der Waals surface area contributed by atoms with Gasteiger partial charge in [-0.15, -0.1) is 0 Å². The van der Waals surface area contributed by atoms with Gasteiger partial charge in [0.2, 0.25) is 0 Å². The van der Waals surface area contributed by atoms with Crippen LogP contribution in [-0.2, 0) is 11.2 Å². The zero-order chi connectivity index (χ0) is 23.9. The van der Waals surface area contributed by atoms with Crippen molar-refractivity contribution in [2.24, 2.45) is 5.41 Å². The molecule has 1 spiro atoms. The number of halogens is 4. The second-order valence-corrected chi connectivity index (χ2v) is 9.35. The molecule has 3 heterocycles. The highest BCUT2D eigenvalue weighted by Crippen LogP contribution is 2.40. The maximum atomic E-state index is 14.5. The van der Waals surface area contributed by atoms with Gasteiger partial charge >= 0.3 is 6.18 Å². The van der Waals surface area contributed by atoms with Crippen molar-refractivity contribution in [2.45, 2.75) is 50.8 Å². The molecular formula is C23H25F4N3O4. The van der Waals surface area contributed by atoms with E-state index in [2.05, 4.69) is 10.3 Å². The number of nitrogens with zero attached hydrogens (tertiary/aromatic N) is 2. The van der Waals surface area contributed by atoms with Crippen LogP contribution in [0.1, 0.15) is 48.4 Å². The Morgan fingerprint density at radius 1 is 1.26 bits per heavy atom. The third kappa shape index (κ3) is 4.84. The van der Waals surface area contributed by atoms with E-state index < -0.39 is 35.8 Å². The molecule has 1 aromatic carbocycles. The van der Waals surface area contributed by atoms with E-state index in [1.165, 1.54) is 12.1 Å². The van der Waals surface area contributed by atoms with E-state index in [0.717, 1.165) is 38.2 Å². The van der Waals surface area contributed by atoms with Crippen molar-refractivity contribution in [2.75, 3.05) is 36.5 Å². The maximum absolute atomic E-state index is 14.5. The molecule has 7 nitrogen and oxygen atoms in total. The number of aromatic nitrogens is 1. The maximum Gasteiger partial charge on any atom is 0.396 e. The number of hydrogen-bond donors (Lipinski definition) is 1. The SMILES string of the molecule is O=C(Nc1ccc(OC2CCCC2)c(F)c1)c1nc(N2CCC3(COC3)C2)oc1CC(F)(F)F. The van der Waals surface area contributed by atoms with Crippen LogP contribution in [0.3, 0.4) is 0 Å². The lowest BCUT2D eigenvalue weighted by Gasteiger charge is -2.37. The molecular weight excluding hydrogens is 458 g/mol. The first-order valence-corrected chi connectivity index (χ1v) is 11.4. The van der Waals surface area contributed by atoms with Gasteiger partial charge in [-0.2, -0.15) is 18.2 Å². The predicted octanol–water partition coefficient (Wildman–Crippen LogP) is 4.72. The van der Waals surface area contributed by atoms with Crippen LogP contribution >= 0.6 is 0 Å². The van der Waals surface area contributed by atoms with E-state index in [4.69, 9.17) is 13.9 Å². The quantitative estimate of drug-likeness (QED) is 0.600. The van der Waals surface area contributed by atoms with Crippen molar-refractivity contribution in [3.63, 3.8) is 0 Å². The molecule has 11 heteroatoms. The molecule has 0 bridgehead atoms. The van der Waals surface area contributed by atoms with E-state index in [9.17, 15) is 22.4 Å². The molecule has 34 heavy (non-hydrogen) atoms. The minimum Gasteiger partial charge on any atom is -0.487 e.